The highest BCUT2D eigenvalue weighted by molar-refractivity contribution is 5.44. The molecule has 3 nitrogen and oxygen atoms in total. The fourth-order valence-corrected chi connectivity index (χ4v) is 2.22. The Morgan fingerprint density at radius 2 is 2.12 bits per heavy atom. The van der Waals surface area contributed by atoms with Crippen LogP contribution in [0.15, 0.2) is 18.2 Å². The molecule has 0 spiro atoms. The molecule has 1 N–H and O–H groups in total. The summed E-state index contributed by atoms with van der Waals surface area (Å²) in [6, 6.07) is 7.65. The highest BCUT2D eigenvalue weighted by Crippen LogP contribution is 2.32. The number of hydrogen-bond acceptors (Lipinski definition) is 3. The van der Waals surface area contributed by atoms with Gasteiger partial charge in [0.15, 0.2) is 11.5 Å². The van der Waals surface area contributed by atoms with Crippen molar-refractivity contribution in [2.75, 3.05) is 6.79 Å². The molecule has 1 aromatic carbocycles. The number of fused-ring (bicyclic) bond motifs is 1. The molecular formula is C14H19NO2. The maximum atomic E-state index is 5.38. The molecule has 3 heteroatoms. The maximum Gasteiger partial charge on any atom is 0.231 e. The molecule has 1 aliphatic heterocycles. The lowest BCUT2D eigenvalue weighted by molar-refractivity contribution is 0.174. The quantitative estimate of drug-likeness (QED) is 0.847. The topological polar surface area (TPSA) is 30.5 Å². The smallest absolute Gasteiger partial charge is 0.231 e. The first-order chi connectivity index (χ1) is 8.31. The van der Waals surface area contributed by atoms with E-state index < -0.39 is 0 Å². The molecule has 1 heterocycles. The van der Waals surface area contributed by atoms with E-state index in [1.54, 1.807) is 0 Å². The lowest BCUT2D eigenvalue weighted by atomic mass is 10.1. The number of aryl methyl sites for hydroxylation is 1. The Morgan fingerprint density at radius 3 is 2.94 bits per heavy atom. The van der Waals surface area contributed by atoms with Crippen LogP contribution < -0.4 is 14.8 Å². The summed E-state index contributed by atoms with van der Waals surface area (Å²) >= 11 is 0. The predicted octanol–water partition coefficient (Wildman–Crippen LogP) is 2.49. The van der Waals surface area contributed by atoms with Crippen molar-refractivity contribution in [2.24, 2.45) is 0 Å². The van der Waals surface area contributed by atoms with E-state index in [0.717, 1.165) is 24.0 Å². The van der Waals surface area contributed by atoms with Crippen LogP contribution in [-0.2, 0) is 6.42 Å². The molecule has 0 amide bonds. The molecule has 1 unspecified atom stereocenters. The minimum Gasteiger partial charge on any atom is -0.454 e. The van der Waals surface area contributed by atoms with Gasteiger partial charge in [-0.05, 0) is 50.3 Å². The first kappa shape index (κ1) is 10.9. The fourth-order valence-electron chi connectivity index (χ4n) is 2.22. The zero-order valence-corrected chi connectivity index (χ0v) is 10.2. The third-order valence-electron chi connectivity index (χ3n) is 3.40. The van der Waals surface area contributed by atoms with Gasteiger partial charge in [0.1, 0.15) is 0 Å². The van der Waals surface area contributed by atoms with Gasteiger partial charge >= 0.3 is 0 Å². The van der Waals surface area contributed by atoms with Gasteiger partial charge in [0.25, 0.3) is 0 Å². The van der Waals surface area contributed by atoms with Crippen LogP contribution in [-0.4, -0.2) is 18.9 Å². The second-order valence-electron chi connectivity index (χ2n) is 5.07. The second-order valence-corrected chi connectivity index (χ2v) is 5.07. The molecule has 1 saturated carbocycles. The molecule has 1 atom stereocenters. The fraction of sp³-hybridized carbons (Fsp3) is 0.571. The van der Waals surface area contributed by atoms with Crippen LogP contribution in [0.5, 0.6) is 11.5 Å². The monoisotopic (exact) mass is 233 g/mol. The van der Waals surface area contributed by atoms with Crippen molar-refractivity contribution >= 4 is 0 Å². The number of ether oxygens (including phenoxy) is 2. The number of nitrogens with one attached hydrogen (secondary N) is 1. The second kappa shape index (κ2) is 4.57. The molecule has 0 bridgehead atoms. The molecular weight excluding hydrogens is 214 g/mol. The van der Waals surface area contributed by atoms with Crippen molar-refractivity contribution < 1.29 is 9.47 Å². The lowest BCUT2D eigenvalue weighted by Gasteiger charge is -2.12. The minimum atomic E-state index is 0.360. The van der Waals surface area contributed by atoms with E-state index in [-0.39, 0.29) is 0 Å². The Balaban J connectivity index is 1.53. The summed E-state index contributed by atoms with van der Waals surface area (Å²) in [7, 11) is 0. The van der Waals surface area contributed by atoms with Gasteiger partial charge in [-0.15, -0.1) is 0 Å². The molecule has 1 aromatic rings. The Kier molecular flexibility index (Phi) is 2.93. The van der Waals surface area contributed by atoms with Gasteiger partial charge in [0.2, 0.25) is 6.79 Å². The standard InChI is InChI=1S/C14H19NO2/c1-10(15-12-5-6-12)2-3-11-4-7-13-14(8-11)17-9-16-13/h4,7-8,10,12,15H,2-3,5-6,9H2,1H3. The van der Waals surface area contributed by atoms with E-state index >= 15 is 0 Å². The molecule has 1 fully saturated rings. The van der Waals surface area contributed by atoms with Crippen LogP contribution >= 0.6 is 0 Å². The zero-order valence-electron chi connectivity index (χ0n) is 10.2. The Labute approximate surface area is 102 Å². The molecule has 17 heavy (non-hydrogen) atoms. The Hall–Kier alpha value is -1.22. The van der Waals surface area contributed by atoms with Crippen molar-refractivity contribution in [1.29, 1.82) is 0 Å². The molecule has 2 aliphatic rings. The summed E-state index contributed by atoms with van der Waals surface area (Å²) in [5, 5.41) is 3.62. The van der Waals surface area contributed by atoms with Crippen LogP contribution in [0, 0.1) is 0 Å². The maximum absolute atomic E-state index is 5.38. The number of benzene rings is 1. The van der Waals surface area contributed by atoms with Gasteiger partial charge in [0.05, 0.1) is 0 Å². The highest BCUT2D eigenvalue weighted by Gasteiger charge is 2.22. The summed E-state index contributed by atoms with van der Waals surface area (Å²) in [5.41, 5.74) is 1.33. The van der Waals surface area contributed by atoms with E-state index in [4.69, 9.17) is 9.47 Å². The average Bonchev–Trinajstić information content (AvgIpc) is 3.01. The Bertz CT molecular complexity index is 401. The van der Waals surface area contributed by atoms with E-state index in [1.165, 1.54) is 24.8 Å². The van der Waals surface area contributed by atoms with E-state index in [1.807, 2.05) is 6.07 Å². The first-order valence-corrected chi connectivity index (χ1v) is 6.46. The molecule has 3 rings (SSSR count). The van der Waals surface area contributed by atoms with Crippen LogP contribution in [0.25, 0.3) is 0 Å². The summed E-state index contributed by atoms with van der Waals surface area (Å²) < 4.78 is 10.7. The third kappa shape index (κ3) is 2.72. The van der Waals surface area contributed by atoms with Gasteiger partial charge in [-0.3, -0.25) is 0 Å². The van der Waals surface area contributed by atoms with Crippen LogP contribution in [0.4, 0.5) is 0 Å². The first-order valence-electron chi connectivity index (χ1n) is 6.46. The van der Waals surface area contributed by atoms with Crippen molar-refractivity contribution in [2.45, 2.75) is 44.7 Å². The van der Waals surface area contributed by atoms with Gasteiger partial charge in [-0.1, -0.05) is 6.07 Å². The molecule has 0 aromatic heterocycles. The third-order valence-corrected chi connectivity index (χ3v) is 3.40. The summed E-state index contributed by atoms with van der Waals surface area (Å²) in [4.78, 5) is 0. The van der Waals surface area contributed by atoms with Crippen molar-refractivity contribution in [3.05, 3.63) is 23.8 Å². The highest BCUT2D eigenvalue weighted by atomic mass is 16.7. The summed E-state index contributed by atoms with van der Waals surface area (Å²) in [6.45, 7) is 2.63. The largest absolute Gasteiger partial charge is 0.454 e. The van der Waals surface area contributed by atoms with E-state index in [2.05, 4.69) is 24.4 Å². The number of rotatable bonds is 5. The molecule has 1 aliphatic carbocycles. The summed E-state index contributed by atoms with van der Waals surface area (Å²) in [6.07, 6.45) is 4.98. The van der Waals surface area contributed by atoms with E-state index in [0.29, 0.717) is 12.8 Å². The van der Waals surface area contributed by atoms with Crippen molar-refractivity contribution in [1.82, 2.24) is 5.32 Å². The van der Waals surface area contributed by atoms with Gasteiger partial charge in [-0.25, -0.2) is 0 Å². The van der Waals surface area contributed by atoms with Crippen molar-refractivity contribution in [3.63, 3.8) is 0 Å². The predicted molar refractivity (Wildman–Crippen MR) is 66.5 cm³/mol. The number of hydrogen-bond donors (Lipinski definition) is 1. The Morgan fingerprint density at radius 1 is 1.29 bits per heavy atom. The van der Waals surface area contributed by atoms with Crippen molar-refractivity contribution in [3.8, 4) is 11.5 Å². The molecule has 92 valence electrons. The average molecular weight is 233 g/mol. The van der Waals surface area contributed by atoms with Crippen LogP contribution in [0.1, 0.15) is 31.7 Å². The SMILES string of the molecule is CC(CCc1ccc2c(c1)OCO2)NC1CC1. The van der Waals surface area contributed by atoms with Crippen LogP contribution in [0.3, 0.4) is 0 Å². The molecule has 0 radical (unpaired) electrons. The van der Waals surface area contributed by atoms with Gasteiger partial charge in [0, 0.05) is 12.1 Å². The van der Waals surface area contributed by atoms with Crippen LogP contribution in [0.2, 0.25) is 0 Å². The summed E-state index contributed by atoms with van der Waals surface area (Å²) in [5.74, 6) is 1.77. The van der Waals surface area contributed by atoms with Gasteiger partial charge < -0.3 is 14.8 Å². The lowest BCUT2D eigenvalue weighted by Crippen LogP contribution is -2.28. The zero-order chi connectivity index (χ0) is 11.7. The normalized spacial score (nSPS) is 19.4. The minimum absolute atomic E-state index is 0.360. The molecule has 0 saturated heterocycles. The van der Waals surface area contributed by atoms with Gasteiger partial charge in [-0.2, -0.15) is 0 Å². The van der Waals surface area contributed by atoms with E-state index in [9.17, 15) is 0 Å².